The molecule has 0 N–H and O–H groups in total. The zero-order chi connectivity index (χ0) is 38.2. The Morgan fingerprint density at radius 2 is 0.673 bits per heavy atom. The molecule has 0 amide bonds. The van der Waals surface area contributed by atoms with Crippen LogP contribution in [0, 0.1) is 27.7 Å². The molecule has 0 unspecified atom stereocenters. The molecule has 0 fully saturated rings. The van der Waals surface area contributed by atoms with Crippen LogP contribution >= 0.6 is 40.4 Å². The molecule has 5 rings (SSSR count). The van der Waals surface area contributed by atoms with Gasteiger partial charge in [-0.05, 0) is 126 Å². The van der Waals surface area contributed by atoms with Crippen molar-refractivity contribution in [3.63, 3.8) is 0 Å². The molecule has 0 aliphatic rings. The van der Waals surface area contributed by atoms with Gasteiger partial charge >= 0.3 is 66.7 Å². The van der Waals surface area contributed by atoms with E-state index in [4.69, 9.17) is 70.3 Å². The molecule has 0 saturated heterocycles. The molecule has 2 aromatic heterocycles. The predicted octanol–water partition coefficient (Wildman–Crippen LogP) is 13.0. The van der Waals surface area contributed by atoms with E-state index in [0.29, 0.717) is 0 Å². The van der Waals surface area contributed by atoms with E-state index in [1.165, 1.54) is 0 Å². The second kappa shape index (κ2) is 22.1. The second-order valence-electron chi connectivity index (χ2n) is 11.7. The average Bonchev–Trinajstić information content (AvgIpc) is 3.13. The molecule has 12 heteroatoms. The average molecular weight is 858 g/mol. The fourth-order valence-corrected chi connectivity index (χ4v) is 5.03. The second-order valence-corrected chi connectivity index (χ2v) is 15.4. The van der Waals surface area contributed by atoms with Gasteiger partial charge in [0, 0.05) is 0 Å². The normalized spacial score (nSPS) is 12.2. The van der Waals surface area contributed by atoms with Crippen molar-refractivity contribution in [3.05, 3.63) is 142 Å². The number of rotatable bonds is 8. The Bertz CT molecular complexity index is 1950. The van der Waals surface area contributed by atoms with Crippen molar-refractivity contribution < 1.29 is 26.3 Å². The van der Waals surface area contributed by atoms with Crippen LogP contribution in [0.3, 0.4) is 0 Å². The Kier molecular flexibility index (Phi) is 18.4. The zero-order valence-electron chi connectivity index (χ0n) is 30.1. The van der Waals surface area contributed by atoms with Gasteiger partial charge in [0.25, 0.3) is 0 Å². The fraction of sp³-hybridized carbons (Fsp3) is 0.200. The Labute approximate surface area is 337 Å². The van der Waals surface area contributed by atoms with Gasteiger partial charge in [-0.3, -0.25) is 20.0 Å². The third-order valence-electron chi connectivity index (χ3n) is 7.88. The van der Waals surface area contributed by atoms with E-state index in [1.807, 2.05) is 100 Å². The van der Waals surface area contributed by atoms with Crippen LogP contribution in [0.25, 0.3) is 0 Å². The van der Waals surface area contributed by atoms with E-state index in [9.17, 15) is 0 Å². The topological polar surface area (TPSA) is 75.2 Å². The minimum atomic E-state index is 0.194. The molecule has 0 spiro atoms. The maximum atomic E-state index is 4.98. The molecular formula is C40H40Cl4Fe2N6. The van der Waals surface area contributed by atoms with Crippen molar-refractivity contribution in [3.8, 4) is 0 Å². The van der Waals surface area contributed by atoms with Crippen LogP contribution in [-0.2, 0) is 26.3 Å². The number of para-hydroxylation sites is 2. The summed E-state index contributed by atoms with van der Waals surface area (Å²) in [5, 5.41) is 0. The fourth-order valence-electron chi connectivity index (χ4n) is 5.03. The molecule has 6 nitrogen and oxygen atoms in total. The van der Waals surface area contributed by atoms with Crippen LogP contribution in [0.2, 0.25) is 0 Å². The van der Waals surface area contributed by atoms with E-state index in [0.717, 1.165) is 90.6 Å². The summed E-state index contributed by atoms with van der Waals surface area (Å²) < 4.78 is 0. The standard InChI is InChI=1S/C40H40N6.4ClH.2Fe/c1-25-15-9-11-17-33(25)41-29(5)35-19-13-21-37(45-35)31(7)43-39-23-28(4)40(24-27(39)3)44-32(8)38-22-14-20-36(46-38)30(6)42-34-18-12-10-16-26(34)2;;;;;;/h9-24H,1-8H3;4*1H;;/q;;;;;2*+2/p-4. The summed E-state index contributed by atoms with van der Waals surface area (Å²) in [5.74, 6) is 0. The molecule has 3 aromatic carbocycles. The number of halogens is 4. The van der Waals surface area contributed by atoms with Gasteiger partial charge in [0.15, 0.2) is 0 Å². The zero-order valence-corrected chi connectivity index (χ0v) is 35.4. The number of nitrogens with zero attached hydrogens (tertiary/aromatic N) is 6. The summed E-state index contributed by atoms with van der Waals surface area (Å²) in [5.41, 5.74) is 14.7. The summed E-state index contributed by atoms with van der Waals surface area (Å²) in [6, 6.07) is 32.3. The molecule has 0 atom stereocenters. The van der Waals surface area contributed by atoms with Gasteiger partial charge in [0.05, 0.1) is 68.4 Å². The van der Waals surface area contributed by atoms with Crippen LogP contribution in [0.1, 0.15) is 72.7 Å². The van der Waals surface area contributed by atoms with Crippen LogP contribution < -0.4 is 0 Å². The molecule has 2 heterocycles. The number of hydrogen-bond acceptors (Lipinski definition) is 6. The van der Waals surface area contributed by atoms with Gasteiger partial charge in [-0.15, -0.1) is 0 Å². The first-order valence-corrected chi connectivity index (χ1v) is 22.1. The number of aryl methyl sites for hydroxylation is 4. The molecule has 52 heavy (non-hydrogen) atoms. The van der Waals surface area contributed by atoms with Crippen molar-refractivity contribution in [2.45, 2.75) is 55.4 Å². The van der Waals surface area contributed by atoms with E-state index in [1.54, 1.807) is 0 Å². The van der Waals surface area contributed by atoms with Crippen molar-refractivity contribution in [2.75, 3.05) is 0 Å². The first kappa shape index (κ1) is 43.2. The SMILES string of the molecule is CC(=Nc1ccccc1C)c1cccc(C(C)=Nc2cc(C)c(N=C(C)c3cccc(C(C)=Nc4ccccc4C)n3)cc2C)n1.[Cl][Fe][Cl].[Cl][Fe][Cl]. The van der Waals surface area contributed by atoms with Crippen LogP contribution in [0.5, 0.6) is 0 Å². The molecule has 0 radical (unpaired) electrons. The summed E-state index contributed by atoms with van der Waals surface area (Å²) in [7, 11) is 19.1. The Balaban J connectivity index is 0.00000114. The van der Waals surface area contributed by atoms with Crippen LogP contribution in [-0.4, -0.2) is 32.8 Å². The molecule has 0 aliphatic heterocycles. The van der Waals surface area contributed by atoms with Gasteiger partial charge < -0.3 is 0 Å². The third-order valence-corrected chi connectivity index (χ3v) is 7.88. The van der Waals surface area contributed by atoms with Crippen molar-refractivity contribution in [1.29, 1.82) is 0 Å². The number of aliphatic imine (C=N–C) groups is 4. The summed E-state index contributed by atoms with van der Waals surface area (Å²) in [4.78, 5) is 29.4. The maximum absolute atomic E-state index is 4.98. The summed E-state index contributed by atoms with van der Waals surface area (Å²) in [6.07, 6.45) is 0. The number of pyridine rings is 2. The first-order valence-electron chi connectivity index (χ1n) is 16.0. The van der Waals surface area contributed by atoms with Crippen LogP contribution in [0.15, 0.2) is 117 Å². The summed E-state index contributed by atoms with van der Waals surface area (Å²) >= 11 is 0.389. The van der Waals surface area contributed by atoms with Gasteiger partial charge in [0.2, 0.25) is 0 Å². The van der Waals surface area contributed by atoms with Crippen molar-refractivity contribution in [2.24, 2.45) is 20.0 Å². The third kappa shape index (κ3) is 13.1. The predicted molar refractivity (Wildman–Crippen MR) is 218 cm³/mol. The Hall–Kier alpha value is -3.16. The number of aromatic nitrogens is 2. The molecule has 274 valence electrons. The van der Waals surface area contributed by atoms with Gasteiger partial charge in [-0.2, -0.15) is 0 Å². The van der Waals surface area contributed by atoms with Crippen LogP contribution in [0.4, 0.5) is 22.7 Å². The quantitative estimate of drug-likeness (QED) is 0.115. The first-order chi connectivity index (χ1) is 24.9. The van der Waals surface area contributed by atoms with Gasteiger partial charge in [0.1, 0.15) is 0 Å². The Morgan fingerprint density at radius 3 is 0.962 bits per heavy atom. The van der Waals surface area contributed by atoms with E-state index in [2.05, 4.69) is 52.0 Å². The molecule has 0 saturated carbocycles. The van der Waals surface area contributed by atoms with Crippen molar-refractivity contribution in [1.82, 2.24) is 9.97 Å². The van der Waals surface area contributed by atoms with E-state index in [-0.39, 0.29) is 26.3 Å². The molecule has 5 aromatic rings. The number of hydrogen-bond donors (Lipinski definition) is 0. The summed E-state index contributed by atoms with van der Waals surface area (Å²) in [6.45, 7) is 16.2. The molecule has 0 aliphatic carbocycles. The molecular weight excluding hydrogens is 818 g/mol. The Morgan fingerprint density at radius 1 is 0.404 bits per heavy atom. The van der Waals surface area contributed by atoms with Gasteiger partial charge in [-0.1, -0.05) is 48.5 Å². The van der Waals surface area contributed by atoms with Gasteiger partial charge in [-0.25, -0.2) is 9.97 Å². The molecule has 0 bridgehead atoms. The van der Waals surface area contributed by atoms with E-state index < -0.39 is 0 Å². The monoisotopic (exact) mass is 856 g/mol. The number of benzene rings is 3. The van der Waals surface area contributed by atoms with E-state index >= 15 is 0 Å². The minimum absolute atomic E-state index is 0.194. The van der Waals surface area contributed by atoms with Crippen molar-refractivity contribution >= 4 is 86.0 Å².